The summed E-state index contributed by atoms with van der Waals surface area (Å²) in [5, 5.41) is 10.6. The van der Waals surface area contributed by atoms with Crippen LogP contribution >= 0.6 is 23.1 Å². The van der Waals surface area contributed by atoms with E-state index >= 15 is 0 Å². The molecule has 0 spiro atoms. The van der Waals surface area contributed by atoms with Crippen molar-refractivity contribution in [1.29, 1.82) is 0 Å². The van der Waals surface area contributed by atoms with Crippen molar-refractivity contribution in [3.8, 4) is 5.75 Å². The molecule has 0 radical (unpaired) electrons. The summed E-state index contributed by atoms with van der Waals surface area (Å²) in [6.45, 7) is 1.97. The average molecular weight is 211 g/mol. The van der Waals surface area contributed by atoms with Gasteiger partial charge in [0.15, 0.2) is 0 Å². The maximum Gasteiger partial charge on any atom is 0.130 e. The maximum atomic E-state index is 9.58. The Morgan fingerprint density at radius 2 is 2.23 bits per heavy atom. The second kappa shape index (κ2) is 3.20. The van der Waals surface area contributed by atoms with Crippen LogP contribution in [-0.2, 0) is 0 Å². The maximum absolute atomic E-state index is 9.58. The summed E-state index contributed by atoms with van der Waals surface area (Å²) in [5.41, 5.74) is 0.977. The fourth-order valence-electron chi connectivity index (χ4n) is 1.22. The summed E-state index contributed by atoms with van der Waals surface area (Å²) < 4.78 is 1.05. The van der Waals surface area contributed by atoms with Crippen molar-refractivity contribution in [2.45, 2.75) is 11.8 Å². The Balaban J connectivity index is 2.72. The van der Waals surface area contributed by atoms with E-state index in [1.54, 1.807) is 17.4 Å². The van der Waals surface area contributed by atoms with E-state index in [1.807, 2.05) is 19.2 Å². The zero-order valence-corrected chi connectivity index (χ0v) is 9.00. The van der Waals surface area contributed by atoms with Gasteiger partial charge in [0.2, 0.25) is 0 Å². The third-order valence-corrected chi connectivity index (χ3v) is 3.50. The molecule has 2 nitrogen and oxygen atoms in total. The molecule has 0 bridgehead atoms. The molecular formula is C9H9NOS2. The lowest BCUT2D eigenvalue weighted by Gasteiger charge is -1.99. The molecule has 1 heterocycles. The number of benzene rings is 1. The highest BCUT2D eigenvalue weighted by atomic mass is 32.2. The third kappa shape index (κ3) is 1.51. The minimum Gasteiger partial charge on any atom is -0.507 e. The SMILES string of the molecule is CSc1cc2nc(C)sc2cc1O. The molecule has 0 fully saturated rings. The van der Waals surface area contributed by atoms with Crippen LogP contribution < -0.4 is 0 Å². The zero-order chi connectivity index (χ0) is 9.42. The minimum atomic E-state index is 0.351. The van der Waals surface area contributed by atoms with Gasteiger partial charge in [0.1, 0.15) is 5.75 Å². The van der Waals surface area contributed by atoms with Gasteiger partial charge >= 0.3 is 0 Å². The van der Waals surface area contributed by atoms with Crippen LogP contribution in [0.15, 0.2) is 17.0 Å². The van der Waals surface area contributed by atoms with Crippen molar-refractivity contribution >= 4 is 33.3 Å². The topological polar surface area (TPSA) is 33.1 Å². The number of aromatic hydroxyl groups is 1. The van der Waals surface area contributed by atoms with Crippen LogP contribution in [0, 0.1) is 6.92 Å². The molecule has 0 unspecified atom stereocenters. The molecular weight excluding hydrogens is 202 g/mol. The molecule has 13 heavy (non-hydrogen) atoms. The van der Waals surface area contributed by atoms with Gasteiger partial charge in [-0.1, -0.05) is 0 Å². The van der Waals surface area contributed by atoms with Crippen LogP contribution in [0.5, 0.6) is 5.75 Å². The lowest BCUT2D eigenvalue weighted by molar-refractivity contribution is 0.463. The van der Waals surface area contributed by atoms with Crippen LogP contribution in [0.25, 0.3) is 10.2 Å². The van der Waals surface area contributed by atoms with Gasteiger partial charge in [0, 0.05) is 6.07 Å². The summed E-state index contributed by atoms with van der Waals surface area (Å²) in [4.78, 5) is 5.24. The number of fused-ring (bicyclic) bond motifs is 1. The molecule has 68 valence electrons. The number of nitrogens with zero attached hydrogens (tertiary/aromatic N) is 1. The van der Waals surface area contributed by atoms with E-state index in [0.29, 0.717) is 5.75 Å². The second-order valence-corrected chi connectivity index (χ2v) is 4.81. The highest BCUT2D eigenvalue weighted by Crippen LogP contribution is 2.33. The monoisotopic (exact) mass is 211 g/mol. The Bertz CT molecular complexity index is 450. The number of rotatable bonds is 1. The number of phenolic OH excluding ortho intramolecular Hbond substituents is 1. The molecule has 2 aromatic rings. The standard InChI is InChI=1S/C9H9NOS2/c1-5-10-6-3-9(12-2)7(11)4-8(6)13-5/h3-4,11H,1-2H3. The smallest absolute Gasteiger partial charge is 0.130 e. The molecule has 0 saturated carbocycles. The van der Waals surface area contributed by atoms with Crippen LogP contribution in [-0.4, -0.2) is 16.3 Å². The molecule has 0 aliphatic heterocycles. The van der Waals surface area contributed by atoms with Gasteiger partial charge < -0.3 is 5.11 Å². The number of aromatic nitrogens is 1. The van der Waals surface area contributed by atoms with Gasteiger partial charge in [-0.25, -0.2) is 4.98 Å². The molecule has 1 N–H and O–H groups in total. The van der Waals surface area contributed by atoms with Crippen molar-refractivity contribution in [2.24, 2.45) is 0 Å². The molecule has 0 atom stereocenters. The molecule has 4 heteroatoms. The van der Waals surface area contributed by atoms with Crippen molar-refractivity contribution in [1.82, 2.24) is 4.98 Å². The molecule has 0 aliphatic carbocycles. The van der Waals surface area contributed by atoms with Crippen molar-refractivity contribution in [3.05, 3.63) is 17.1 Å². The molecule has 0 amide bonds. The van der Waals surface area contributed by atoms with Crippen LogP contribution in [0.4, 0.5) is 0 Å². The summed E-state index contributed by atoms with van der Waals surface area (Å²) in [7, 11) is 0. The van der Waals surface area contributed by atoms with Crippen LogP contribution in [0.1, 0.15) is 5.01 Å². The molecule has 2 rings (SSSR count). The lowest BCUT2D eigenvalue weighted by Crippen LogP contribution is -1.74. The average Bonchev–Trinajstić information content (AvgIpc) is 2.42. The van der Waals surface area contributed by atoms with Crippen molar-refractivity contribution in [2.75, 3.05) is 6.26 Å². The first-order valence-corrected chi connectivity index (χ1v) is 5.89. The van der Waals surface area contributed by atoms with E-state index in [1.165, 1.54) is 11.8 Å². The minimum absolute atomic E-state index is 0.351. The van der Waals surface area contributed by atoms with E-state index < -0.39 is 0 Å². The molecule has 0 aliphatic rings. The first kappa shape index (κ1) is 8.84. The zero-order valence-electron chi connectivity index (χ0n) is 7.37. The van der Waals surface area contributed by atoms with Gasteiger partial charge in [0.05, 0.1) is 20.1 Å². The van der Waals surface area contributed by atoms with Gasteiger partial charge in [-0.15, -0.1) is 23.1 Å². The van der Waals surface area contributed by atoms with Gasteiger partial charge in [-0.05, 0) is 19.2 Å². The number of hydrogen-bond acceptors (Lipinski definition) is 4. The fraction of sp³-hybridized carbons (Fsp3) is 0.222. The summed E-state index contributed by atoms with van der Waals surface area (Å²) in [6, 6.07) is 3.71. The lowest BCUT2D eigenvalue weighted by atomic mass is 10.3. The summed E-state index contributed by atoms with van der Waals surface area (Å²) in [5.74, 6) is 0.351. The normalized spacial score (nSPS) is 10.9. The van der Waals surface area contributed by atoms with Gasteiger partial charge in [0.25, 0.3) is 0 Å². The molecule has 1 aromatic heterocycles. The van der Waals surface area contributed by atoms with Gasteiger partial charge in [-0.2, -0.15) is 0 Å². The van der Waals surface area contributed by atoms with E-state index in [0.717, 1.165) is 20.1 Å². The Morgan fingerprint density at radius 1 is 1.46 bits per heavy atom. The highest BCUT2D eigenvalue weighted by Gasteiger charge is 2.05. The van der Waals surface area contributed by atoms with Gasteiger partial charge in [-0.3, -0.25) is 0 Å². The van der Waals surface area contributed by atoms with E-state index in [-0.39, 0.29) is 0 Å². The number of thiazole rings is 1. The predicted molar refractivity (Wildman–Crippen MR) is 57.8 cm³/mol. The first-order valence-electron chi connectivity index (χ1n) is 3.85. The quantitative estimate of drug-likeness (QED) is 0.736. The molecule has 0 saturated heterocycles. The molecule has 1 aromatic carbocycles. The Morgan fingerprint density at radius 3 is 2.92 bits per heavy atom. The number of phenols is 1. The number of hydrogen-bond donors (Lipinski definition) is 1. The van der Waals surface area contributed by atoms with E-state index in [4.69, 9.17) is 0 Å². The van der Waals surface area contributed by atoms with Crippen LogP contribution in [0.2, 0.25) is 0 Å². The highest BCUT2D eigenvalue weighted by molar-refractivity contribution is 7.98. The number of thioether (sulfide) groups is 1. The van der Waals surface area contributed by atoms with Crippen molar-refractivity contribution < 1.29 is 5.11 Å². The van der Waals surface area contributed by atoms with Crippen LogP contribution in [0.3, 0.4) is 0 Å². The third-order valence-electron chi connectivity index (χ3n) is 1.80. The van der Waals surface area contributed by atoms with E-state index in [2.05, 4.69) is 4.98 Å². The Kier molecular flexibility index (Phi) is 2.17. The largest absolute Gasteiger partial charge is 0.507 e. The Labute approximate surface area is 84.6 Å². The van der Waals surface area contributed by atoms with E-state index in [9.17, 15) is 5.11 Å². The predicted octanol–water partition coefficient (Wildman–Crippen LogP) is 3.03. The fourth-order valence-corrected chi connectivity index (χ4v) is 2.56. The summed E-state index contributed by atoms with van der Waals surface area (Å²) in [6.07, 6.45) is 1.94. The Hall–Kier alpha value is -0.740. The second-order valence-electron chi connectivity index (χ2n) is 2.72. The number of aryl methyl sites for hydroxylation is 1. The summed E-state index contributed by atoms with van der Waals surface area (Å²) >= 11 is 3.14. The van der Waals surface area contributed by atoms with Crippen molar-refractivity contribution in [3.63, 3.8) is 0 Å². The first-order chi connectivity index (χ1) is 6.20.